The van der Waals surface area contributed by atoms with E-state index >= 15 is 0 Å². The van der Waals surface area contributed by atoms with Crippen LogP contribution >= 0.6 is 23.2 Å². The summed E-state index contributed by atoms with van der Waals surface area (Å²) in [6, 6.07) is 7.62. The largest absolute Gasteiger partial charge is 0.368 e. The number of halogens is 3. The Morgan fingerprint density at radius 2 is 1.82 bits per heavy atom. The maximum atomic E-state index is 14.4. The van der Waals surface area contributed by atoms with E-state index < -0.39 is 11.6 Å². The zero-order valence-electron chi connectivity index (χ0n) is 26.4. The summed E-state index contributed by atoms with van der Waals surface area (Å²) in [4.78, 5) is 33.2. The van der Waals surface area contributed by atoms with Crippen LogP contribution in [0, 0.1) is 11.3 Å². The van der Waals surface area contributed by atoms with Gasteiger partial charge >= 0.3 is 0 Å². The molecule has 2 N–H and O–H groups in total. The molecule has 5 rings (SSSR count). The molecule has 1 saturated heterocycles. The Bertz CT molecular complexity index is 1540. The molecule has 1 aliphatic carbocycles. The molecular formula is C34H44Cl2FN5O2. The van der Waals surface area contributed by atoms with Crippen molar-refractivity contribution < 1.29 is 14.0 Å². The molecular weight excluding hydrogens is 600 g/mol. The number of hydrogen-bond acceptors (Lipinski definition) is 4. The zero-order chi connectivity index (χ0) is 31.8. The molecule has 44 heavy (non-hydrogen) atoms. The molecule has 2 fully saturated rings. The van der Waals surface area contributed by atoms with Crippen LogP contribution in [0.4, 0.5) is 10.1 Å². The van der Waals surface area contributed by atoms with Crippen LogP contribution in [-0.4, -0.2) is 46.7 Å². The van der Waals surface area contributed by atoms with Crippen LogP contribution in [-0.2, 0) is 24.3 Å². The van der Waals surface area contributed by atoms with Gasteiger partial charge in [-0.3, -0.25) is 9.59 Å². The van der Waals surface area contributed by atoms with Crippen LogP contribution < -0.4 is 15.5 Å². The van der Waals surface area contributed by atoms with Crippen LogP contribution in [0.25, 0.3) is 11.0 Å². The zero-order valence-corrected chi connectivity index (χ0v) is 27.9. The summed E-state index contributed by atoms with van der Waals surface area (Å²) < 4.78 is 16.5. The molecule has 2 aliphatic rings. The Labute approximate surface area is 269 Å². The number of nitrogens with zero attached hydrogens (tertiary/aromatic N) is 3. The number of aromatic nitrogens is 2. The molecule has 2 heterocycles. The molecule has 7 nitrogen and oxygen atoms in total. The van der Waals surface area contributed by atoms with Gasteiger partial charge in [-0.05, 0) is 74.3 Å². The average Bonchev–Trinajstić information content (AvgIpc) is 3.56. The first-order chi connectivity index (χ1) is 20.8. The Morgan fingerprint density at radius 1 is 1.09 bits per heavy atom. The van der Waals surface area contributed by atoms with Gasteiger partial charge in [0.1, 0.15) is 12.0 Å². The van der Waals surface area contributed by atoms with Crippen molar-refractivity contribution in [3.63, 3.8) is 0 Å². The van der Waals surface area contributed by atoms with Gasteiger partial charge in [-0.25, -0.2) is 9.37 Å². The highest BCUT2D eigenvalue weighted by atomic mass is 35.5. The third-order valence-electron chi connectivity index (χ3n) is 9.05. The fourth-order valence-electron chi connectivity index (χ4n) is 6.29. The lowest BCUT2D eigenvalue weighted by Gasteiger charge is -2.28. The van der Waals surface area contributed by atoms with Crippen molar-refractivity contribution in [3.05, 3.63) is 56.8 Å². The van der Waals surface area contributed by atoms with E-state index in [1.165, 1.54) is 0 Å². The van der Waals surface area contributed by atoms with Crippen LogP contribution in [0.15, 0.2) is 24.3 Å². The van der Waals surface area contributed by atoms with E-state index in [9.17, 15) is 14.0 Å². The number of anilines is 1. The summed E-state index contributed by atoms with van der Waals surface area (Å²) in [5.74, 6) is 1.25. The number of alkyl halides is 1. The Hall–Kier alpha value is -2.84. The van der Waals surface area contributed by atoms with Crippen molar-refractivity contribution in [3.8, 4) is 0 Å². The topological polar surface area (TPSA) is 79.3 Å². The standard InChI is InChI=1S/C34H44Cl2FN5O2/c1-6-42-29-17-28(41-14-13-22(37)19-41)25(32(43)39-23-10-7-20(2)8-11-23)15-27(29)40-30(42)16-24-26(35)12-9-21(31(24)36)18-38-33(44)34(3,4)5/h9,12,15,17,20,22-23H,6-8,10-11,13-14,16,18-19H2,1-5H3,(H,38,44)(H,39,43)/t20?,22-,23?/m1/s1. The Morgan fingerprint density at radius 3 is 2.45 bits per heavy atom. The van der Waals surface area contributed by atoms with E-state index in [2.05, 4.69) is 22.1 Å². The number of hydrogen-bond donors (Lipinski definition) is 2. The van der Waals surface area contributed by atoms with Crippen LogP contribution in [0.5, 0.6) is 0 Å². The van der Waals surface area contributed by atoms with Crippen molar-refractivity contribution in [1.29, 1.82) is 0 Å². The summed E-state index contributed by atoms with van der Waals surface area (Å²) in [6.07, 6.45) is 4.04. The highest BCUT2D eigenvalue weighted by Gasteiger charge is 2.29. The van der Waals surface area contributed by atoms with Gasteiger partial charge in [0, 0.05) is 49.1 Å². The van der Waals surface area contributed by atoms with Gasteiger partial charge in [0.25, 0.3) is 5.91 Å². The van der Waals surface area contributed by atoms with Crippen LogP contribution in [0.2, 0.25) is 10.0 Å². The predicted octanol–water partition coefficient (Wildman–Crippen LogP) is 7.47. The highest BCUT2D eigenvalue weighted by Crippen LogP contribution is 2.35. The molecule has 0 bridgehead atoms. The van der Waals surface area contributed by atoms with Gasteiger partial charge in [-0.1, -0.05) is 57.0 Å². The number of aryl methyl sites for hydroxylation is 1. The minimum atomic E-state index is -0.919. The molecule has 238 valence electrons. The monoisotopic (exact) mass is 643 g/mol. The molecule has 3 aromatic rings. The van der Waals surface area contributed by atoms with Crippen molar-refractivity contribution in [2.75, 3.05) is 18.0 Å². The van der Waals surface area contributed by atoms with E-state index in [4.69, 9.17) is 28.2 Å². The molecule has 1 saturated carbocycles. The molecule has 0 radical (unpaired) electrons. The van der Waals surface area contributed by atoms with Crippen molar-refractivity contribution in [2.45, 2.75) is 98.4 Å². The average molecular weight is 645 g/mol. The second-order valence-electron chi connectivity index (χ2n) is 13.5. The normalized spacial score (nSPS) is 20.7. The van der Waals surface area contributed by atoms with Gasteiger partial charge in [0.15, 0.2) is 0 Å². The van der Waals surface area contributed by atoms with Gasteiger partial charge in [0.05, 0.1) is 27.3 Å². The van der Waals surface area contributed by atoms with Crippen LogP contribution in [0.3, 0.4) is 0 Å². The van der Waals surface area contributed by atoms with Crippen LogP contribution in [0.1, 0.15) is 94.0 Å². The molecule has 0 unspecified atom stereocenters. The molecule has 10 heteroatoms. The smallest absolute Gasteiger partial charge is 0.253 e. The minimum absolute atomic E-state index is 0.0661. The number of carbonyl (C=O) groups excluding carboxylic acids is 2. The molecule has 1 aliphatic heterocycles. The van der Waals surface area contributed by atoms with Gasteiger partial charge in [0.2, 0.25) is 5.91 Å². The third-order valence-corrected chi connectivity index (χ3v) is 9.87. The predicted molar refractivity (Wildman–Crippen MR) is 177 cm³/mol. The summed E-state index contributed by atoms with van der Waals surface area (Å²) in [5, 5.41) is 7.24. The van der Waals surface area contributed by atoms with E-state index in [0.29, 0.717) is 53.0 Å². The first kappa shape index (κ1) is 32.6. The first-order valence-corrected chi connectivity index (χ1v) is 16.6. The van der Waals surface area contributed by atoms with Gasteiger partial charge in [-0.2, -0.15) is 0 Å². The SMILES string of the molecule is CCn1c(Cc2c(Cl)ccc(CNC(=O)C(C)(C)C)c2Cl)nc2cc(C(=O)NC3CCC(C)CC3)c(N3CC[C@@H](F)C3)cc21. The summed E-state index contributed by atoms with van der Waals surface area (Å²) in [5.41, 5.74) is 3.84. The fraction of sp³-hybridized carbons (Fsp3) is 0.559. The molecule has 2 aromatic carbocycles. The number of imidazole rings is 1. The number of carbonyl (C=O) groups is 2. The second kappa shape index (κ2) is 13.3. The van der Waals surface area contributed by atoms with Gasteiger partial charge < -0.3 is 20.1 Å². The van der Waals surface area contributed by atoms with Gasteiger partial charge in [-0.15, -0.1) is 0 Å². The lowest BCUT2D eigenvalue weighted by molar-refractivity contribution is -0.128. The van der Waals surface area contributed by atoms with E-state index in [1.54, 1.807) is 6.07 Å². The Balaban J connectivity index is 1.49. The number of amides is 2. The fourth-order valence-corrected chi connectivity index (χ4v) is 6.86. The third kappa shape index (κ3) is 7.02. The minimum Gasteiger partial charge on any atom is -0.368 e. The lowest BCUT2D eigenvalue weighted by Crippen LogP contribution is -2.38. The summed E-state index contributed by atoms with van der Waals surface area (Å²) in [6.45, 7) is 11.7. The first-order valence-electron chi connectivity index (χ1n) is 15.8. The number of nitrogens with one attached hydrogen (secondary N) is 2. The van der Waals surface area contributed by atoms with Crippen molar-refractivity contribution >= 4 is 51.7 Å². The molecule has 2 amide bonds. The number of rotatable bonds is 8. The van der Waals surface area contributed by atoms with Crippen molar-refractivity contribution in [1.82, 2.24) is 20.2 Å². The van der Waals surface area contributed by atoms with E-state index in [1.807, 2.05) is 50.8 Å². The van der Waals surface area contributed by atoms with Crippen molar-refractivity contribution in [2.24, 2.45) is 11.3 Å². The second-order valence-corrected chi connectivity index (χ2v) is 14.3. The lowest BCUT2D eigenvalue weighted by atomic mass is 9.87. The number of benzene rings is 2. The van der Waals surface area contributed by atoms with E-state index in [0.717, 1.165) is 53.8 Å². The summed E-state index contributed by atoms with van der Waals surface area (Å²) in [7, 11) is 0. The molecule has 1 atom stereocenters. The quantitative estimate of drug-likeness (QED) is 0.267. The molecule has 0 spiro atoms. The highest BCUT2D eigenvalue weighted by molar-refractivity contribution is 6.36. The number of fused-ring (bicyclic) bond motifs is 1. The maximum absolute atomic E-state index is 14.4. The molecule has 1 aromatic heterocycles. The summed E-state index contributed by atoms with van der Waals surface area (Å²) >= 11 is 13.6. The maximum Gasteiger partial charge on any atom is 0.253 e. The van der Waals surface area contributed by atoms with E-state index in [-0.39, 0.29) is 30.9 Å². The Kier molecular flexibility index (Phi) is 9.81.